The lowest BCUT2D eigenvalue weighted by Gasteiger charge is -2.24. The molecule has 1 saturated heterocycles. The number of aliphatic carboxylic acids is 2. The van der Waals surface area contributed by atoms with Crippen LogP contribution < -0.4 is 10.6 Å². The van der Waals surface area contributed by atoms with Crippen molar-refractivity contribution in [1.29, 1.82) is 0 Å². The van der Waals surface area contributed by atoms with Gasteiger partial charge >= 0.3 is 11.9 Å². The molecule has 1 aliphatic heterocycles. The molecule has 0 bridgehead atoms. The minimum Gasteiger partial charge on any atom is -0.481 e. The lowest BCUT2D eigenvalue weighted by Crippen LogP contribution is -2.47. The standard InChI is InChI=1S/C11H18N2O6/c14-9(5-7-6-19-4-3-12-7)13-8(11(17)18)1-2-10(15)16/h7-8,12H,1-6H2,(H,13,14)(H,15,16)(H,17,18). The van der Waals surface area contributed by atoms with Crippen LogP contribution in [0.25, 0.3) is 0 Å². The Balaban J connectivity index is 2.37. The van der Waals surface area contributed by atoms with Gasteiger partial charge in [0.15, 0.2) is 0 Å². The summed E-state index contributed by atoms with van der Waals surface area (Å²) in [5.41, 5.74) is 0. The van der Waals surface area contributed by atoms with E-state index in [-0.39, 0.29) is 25.3 Å². The van der Waals surface area contributed by atoms with Gasteiger partial charge < -0.3 is 25.6 Å². The first-order chi connectivity index (χ1) is 8.99. The normalized spacial score (nSPS) is 20.5. The fourth-order valence-corrected chi connectivity index (χ4v) is 1.75. The number of carbonyl (C=O) groups is 3. The van der Waals surface area contributed by atoms with Crippen LogP contribution in [-0.4, -0.2) is 59.9 Å². The highest BCUT2D eigenvalue weighted by Crippen LogP contribution is 2.02. The third-order valence-electron chi connectivity index (χ3n) is 2.71. The van der Waals surface area contributed by atoms with Gasteiger partial charge in [-0.05, 0) is 6.42 Å². The van der Waals surface area contributed by atoms with Crippen molar-refractivity contribution in [3.63, 3.8) is 0 Å². The van der Waals surface area contributed by atoms with E-state index in [2.05, 4.69) is 10.6 Å². The molecule has 8 heteroatoms. The molecule has 1 rings (SSSR count). The van der Waals surface area contributed by atoms with E-state index in [0.717, 1.165) is 0 Å². The predicted octanol–water partition coefficient (Wildman–Crippen LogP) is -1.20. The van der Waals surface area contributed by atoms with Gasteiger partial charge in [-0.2, -0.15) is 0 Å². The second kappa shape index (κ2) is 7.70. The van der Waals surface area contributed by atoms with E-state index < -0.39 is 23.9 Å². The van der Waals surface area contributed by atoms with Crippen LogP contribution in [0.1, 0.15) is 19.3 Å². The first kappa shape index (κ1) is 15.4. The van der Waals surface area contributed by atoms with Gasteiger partial charge in [-0.1, -0.05) is 0 Å². The molecule has 0 aliphatic carbocycles. The molecule has 1 heterocycles. The van der Waals surface area contributed by atoms with Gasteiger partial charge in [0.25, 0.3) is 0 Å². The molecule has 1 fully saturated rings. The van der Waals surface area contributed by atoms with E-state index in [1.165, 1.54) is 0 Å². The summed E-state index contributed by atoms with van der Waals surface area (Å²) in [6.45, 7) is 1.65. The third-order valence-corrected chi connectivity index (χ3v) is 2.71. The second-order valence-electron chi connectivity index (χ2n) is 4.32. The maximum Gasteiger partial charge on any atom is 0.326 e. The highest BCUT2D eigenvalue weighted by molar-refractivity contribution is 5.84. The highest BCUT2D eigenvalue weighted by Gasteiger charge is 2.23. The Morgan fingerprint density at radius 2 is 2.11 bits per heavy atom. The zero-order chi connectivity index (χ0) is 14.3. The van der Waals surface area contributed by atoms with E-state index in [1.54, 1.807) is 0 Å². The Bertz CT molecular complexity index is 340. The molecule has 2 unspecified atom stereocenters. The number of ether oxygens (including phenoxy) is 1. The summed E-state index contributed by atoms with van der Waals surface area (Å²) in [6, 6.07) is -1.31. The topological polar surface area (TPSA) is 125 Å². The molecular weight excluding hydrogens is 256 g/mol. The molecule has 0 radical (unpaired) electrons. The van der Waals surface area contributed by atoms with E-state index >= 15 is 0 Å². The SMILES string of the molecule is O=C(O)CCC(NC(=O)CC1COCCN1)C(=O)O. The number of carboxylic acids is 2. The van der Waals surface area contributed by atoms with Crippen molar-refractivity contribution >= 4 is 17.8 Å². The van der Waals surface area contributed by atoms with E-state index in [1.807, 2.05) is 0 Å². The molecule has 2 atom stereocenters. The average Bonchev–Trinajstić information content (AvgIpc) is 2.35. The van der Waals surface area contributed by atoms with Gasteiger partial charge in [0.05, 0.1) is 13.2 Å². The minimum absolute atomic E-state index is 0.108. The maximum atomic E-state index is 11.7. The zero-order valence-electron chi connectivity index (χ0n) is 10.4. The Morgan fingerprint density at radius 3 is 2.63 bits per heavy atom. The molecule has 0 aromatic heterocycles. The Morgan fingerprint density at radius 1 is 1.37 bits per heavy atom. The van der Waals surface area contributed by atoms with Crippen LogP contribution in [0, 0.1) is 0 Å². The summed E-state index contributed by atoms with van der Waals surface area (Å²) >= 11 is 0. The van der Waals surface area contributed by atoms with Gasteiger partial charge in [-0.25, -0.2) is 4.79 Å². The number of rotatable bonds is 7. The molecule has 19 heavy (non-hydrogen) atoms. The number of carbonyl (C=O) groups excluding carboxylic acids is 1. The molecule has 0 spiro atoms. The molecule has 8 nitrogen and oxygen atoms in total. The largest absolute Gasteiger partial charge is 0.481 e. The molecule has 0 saturated carbocycles. The molecule has 1 amide bonds. The number of amides is 1. The summed E-state index contributed by atoms with van der Waals surface area (Å²) in [4.78, 5) is 32.9. The molecule has 108 valence electrons. The minimum atomic E-state index is -1.23. The summed E-state index contributed by atoms with van der Waals surface area (Å²) in [5.74, 6) is -2.76. The number of hydrogen-bond donors (Lipinski definition) is 4. The van der Waals surface area contributed by atoms with Crippen LogP contribution in [0.5, 0.6) is 0 Å². The van der Waals surface area contributed by atoms with Gasteiger partial charge in [0.2, 0.25) is 5.91 Å². The number of morpholine rings is 1. The van der Waals surface area contributed by atoms with Crippen molar-refractivity contribution in [2.45, 2.75) is 31.3 Å². The molecule has 0 aromatic rings. The lowest BCUT2D eigenvalue weighted by atomic mass is 10.1. The van der Waals surface area contributed by atoms with E-state index in [9.17, 15) is 14.4 Å². The van der Waals surface area contributed by atoms with Crippen LogP contribution in [0.4, 0.5) is 0 Å². The van der Waals surface area contributed by atoms with Crippen LogP contribution >= 0.6 is 0 Å². The van der Waals surface area contributed by atoms with Crippen LogP contribution in [0.2, 0.25) is 0 Å². The lowest BCUT2D eigenvalue weighted by molar-refractivity contribution is -0.143. The zero-order valence-corrected chi connectivity index (χ0v) is 10.4. The number of hydrogen-bond acceptors (Lipinski definition) is 5. The monoisotopic (exact) mass is 274 g/mol. The fourth-order valence-electron chi connectivity index (χ4n) is 1.75. The highest BCUT2D eigenvalue weighted by atomic mass is 16.5. The Hall–Kier alpha value is -1.67. The summed E-state index contributed by atoms with van der Waals surface area (Å²) in [5, 5.41) is 22.8. The summed E-state index contributed by atoms with van der Waals surface area (Å²) in [6.07, 6.45) is -0.329. The molecular formula is C11H18N2O6. The number of carboxylic acid groups (broad SMARTS) is 2. The number of nitrogens with one attached hydrogen (secondary N) is 2. The van der Waals surface area contributed by atoms with Crippen molar-refractivity contribution in [3.05, 3.63) is 0 Å². The van der Waals surface area contributed by atoms with Crippen LogP contribution in [-0.2, 0) is 19.1 Å². The van der Waals surface area contributed by atoms with Gasteiger partial charge in [0.1, 0.15) is 6.04 Å². The molecule has 1 aliphatic rings. The first-order valence-electron chi connectivity index (χ1n) is 6.04. The fraction of sp³-hybridized carbons (Fsp3) is 0.727. The van der Waals surface area contributed by atoms with Crippen molar-refractivity contribution in [2.75, 3.05) is 19.8 Å². The Labute approximate surface area is 110 Å². The summed E-state index contributed by atoms with van der Waals surface area (Å²) in [7, 11) is 0. The summed E-state index contributed by atoms with van der Waals surface area (Å²) < 4.78 is 5.18. The van der Waals surface area contributed by atoms with E-state index in [0.29, 0.717) is 19.8 Å². The average molecular weight is 274 g/mol. The predicted molar refractivity (Wildman–Crippen MR) is 63.7 cm³/mol. The molecule has 4 N–H and O–H groups in total. The van der Waals surface area contributed by atoms with Crippen molar-refractivity contribution in [3.8, 4) is 0 Å². The maximum absolute atomic E-state index is 11.7. The van der Waals surface area contributed by atoms with E-state index in [4.69, 9.17) is 14.9 Å². The van der Waals surface area contributed by atoms with Gasteiger partial charge in [-0.15, -0.1) is 0 Å². The van der Waals surface area contributed by atoms with Gasteiger partial charge in [0, 0.05) is 25.4 Å². The Kier molecular flexibility index (Phi) is 6.23. The van der Waals surface area contributed by atoms with Crippen LogP contribution in [0.15, 0.2) is 0 Å². The van der Waals surface area contributed by atoms with Crippen molar-refractivity contribution < 1.29 is 29.3 Å². The molecule has 0 aromatic carbocycles. The quantitative estimate of drug-likeness (QED) is 0.459. The van der Waals surface area contributed by atoms with Crippen molar-refractivity contribution in [1.82, 2.24) is 10.6 Å². The van der Waals surface area contributed by atoms with Crippen molar-refractivity contribution in [2.24, 2.45) is 0 Å². The van der Waals surface area contributed by atoms with Gasteiger partial charge in [-0.3, -0.25) is 9.59 Å². The second-order valence-corrected chi connectivity index (χ2v) is 4.32. The van der Waals surface area contributed by atoms with Crippen LogP contribution in [0.3, 0.4) is 0 Å². The first-order valence-corrected chi connectivity index (χ1v) is 6.04. The third kappa shape index (κ3) is 6.16. The smallest absolute Gasteiger partial charge is 0.326 e.